The monoisotopic (exact) mass is 383 g/mol. The molecule has 1 aliphatic heterocycles. The zero-order chi connectivity index (χ0) is 16.4. The fourth-order valence-corrected chi connectivity index (χ4v) is 3.51. The first-order valence-electron chi connectivity index (χ1n) is 8.16. The third-order valence-corrected chi connectivity index (χ3v) is 4.95. The van der Waals surface area contributed by atoms with E-state index >= 15 is 0 Å². The Balaban J connectivity index is 1.55. The van der Waals surface area contributed by atoms with Crippen molar-refractivity contribution in [2.75, 3.05) is 18.1 Å². The highest BCUT2D eigenvalue weighted by atomic mass is 79.9. The first-order valence-corrected chi connectivity index (χ1v) is 8.95. The van der Waals surface area contributed by atoms with Gasteiger partial charge in [0.25, 0.3) is 0 Å². The minimum atomic E-state index is 0.362. The smallest absolute Gasteiger partial charge is 0.119 e. The van der Waals surface area contributed by atoms with Crippen LogP contribution in [0.5, 0.6) is 5.75 Å². The standard InChI is InChI=1S/C19H18BrN3O/c20-14-5-7-16(8-6-14)24-13-15-3-2-12-23(15)18-9-11-21-17-4-1-10-22-19(17)18/h1,4-11,15H,2-3,12-13H2/t15-/m0/s1. The summed E-state index contributed by atoms with van der Waals surface area (Å²) in [6.45, 7) is 1.71. The Bertz CT molecular complexity index is 832. The van der Waals surface area contributed by atoms with Gasteiger partial charge in [0.05, 0.1) is 17.2 Å². The second-order valence-electron chi connectivity index (χ2n) is 5.96. The van der Waals surface area contributed by atoms with Crippen LogP contribution in [0, 0.1) is 0 Å². The zero-order valence-electron chi connectivity index (χ0n) is 13.2. The summed E-state index contributed by atoms with van der Waals surface area (Å²) in [5.74, 6) is 0.905. The molecule has 0 unspecified atom stereocenters. The average molecular weight is 384 g/mol. The Morgan fingerprint density at radius 1 is 1.08 bits per heavy atom. The van der Waals surface area contributed by atoms with E-state index in [0.717, 1.165) is 39.9 Å². The molecule has 2 aromatic heterocycles. The van der Waals surface area contributed by atoms with Gasteiger partial charge in [-0.25, -0.2) is 0 Å². The molecule has 122 valence electrons. The van der Waals surface area contributed by atoms with Gasteiger partial charge in [0, 0.05) is 23.4 Å². The minimum Gasteiger partial charge on any atom is -0.491 e. The van der Waals surface area contributed by atoms with Crippen molar-refractivity contribution in [1.29, 1.82) is 0 Å². The van der Waals surface area contributed by atoms with E-state index in [4.69, 9.17) is 4.74 Å². The Hall–Kier alpha value is -2.14. The van der Waals surface area contributed by atoms with Crippen molar-refractivity contribution < 1.29 is 4.74 Å². The molecule has 0 N–H and O–H groups in total. The van der Waals surface area contributed by atoms with Crippen LogP contribution in [-0.4, -0.2) is 29.2 Å². The van der Waals surface area contributed by atoms with Gasteiger partial charge in [-0.2, -0.15) is 0 Å². The van der Waals surface area contributed by atoms with Gasteiger partial charge in [-0.3, -0.25) is 9.97 Å². The highest BCUT2D eigenvalue weighted by Gasteiger charge is 2.27. The quantitative estimate of drug-likeness (QED) is 0.667. The number of ether oxygens (including phenoxy) is 1. The summed E-state index contributed by atoms with van der Waals surface area (Å²) in [4.78, 5) is 11.4. The lowest BCUT2D eigenvalue weighted by Crippen LogP contribution is -2.34. The highest BCUT2D eigenvalue weighted by Crippen LogP contribution is 2.30. The van der Waals surface area contributed by atoms with Crippen molar-refractivity contribution in [3.05, 3.63) is 59.3 Å². The second kappa shape index (κ2) is 6.77. The number of halogens is 1. The van der Waals surface area contributed by atoms with Crippen LogP contribution in [0.4, 0.5) is 5.69 Å². The van der Waals surface area contributed by atoms with Crippen LogP contribution in [-0.2, 0) is 0 Å². The molecule has 1 atom stereocenters. The topological polar surface area (TPSA) is 38.2 Å². The minimum absolute atomic E-state index is 0.362. The maximum absolute atomic E-state index is 6.01. The van der Waals surface area contributed by atoms with Gasteiger partial charge in [0.2, 0.25) is 0 Å². The van der Waals surface area contributed by atoms with E-state index < -0.39 is 0 Å². The Kier molecular flexibility index (Phi) is 4.34. The number of anilines is 1. The summed E-state index contributed by atoms with van der Waals surface area (Å²) in [5, 5.41) is 0. The van der Waals surface area contributed by atoms with E-state index in [1.165, 1.54) is 6.42 Å². The number of rotatable bonds is 4. The van der Waals surface area contributed by atoms with E-state index in [1.807, 2.05) is 48.8 Å². The SMILES string of the molecule is Brc1ccc(OC[C@@H]2CCCN2c2ccnc3cccnc23)cc1. The van der Waals surface area contributed by atoms with Crippen LogP contribution in [0.1, 0.15) is 12.8 Å². The van der Waals surface area contributed by atoms with E-state index in [2.05, 4.69) is 36.9 Å². The largest absolute Gasteiger partial charge is 0.491 e. The average Bonchev–Trinajstić information content (AvgIpc) is 3.09. The molecule has 1 fully saturated rings. The predicted molar refractivity (Wildman–Crippen MR) is 99.5 cm³/mol. The van der Waals surface area contributed by atoms with Gasteiger partial charge in [-0.15, -0.1) is 0 Å². The summed E-state index contributed by atoms with van der Waals surface area (Å²) < 4.78 is 7.07. The molecule has 0 amide bonds. The lowest BCUT2D eigenvalue weighted by atomic mass is 10.2. The number of nitrogens with zero attached hydrogens (tertiary/aromatic N) is 3. The summed E-state index contributed by atoms with van der Waals surface area (Å²) in [7, 11) is 0. The van der Waals surface area contributed by atoms with E-state index in [-0.39, 0.29) is 0 Å². The Labute approximate surface area is 149 Å². The van der Waals surface area contributed by atoms with Crippen LogP contribution >= 0.6 is 15.9 Å². The molecule has 0 aliphatic carbocycles. The molecule has 1 aliphatic rings. The van der Waals surface area contributed by atoms with Crippen LogP contribution < -0.4 is 9.64 Å². The molecule has 0 saturated carbocycles. The van der Waals surface area contributed by atoms with Gasteiger partial charge >= 0.3 is 0 Å². The molecular weight excluding hydrogens is 366 g/mol. The molecule has 0 radical (unpaired) electrons. The van der Waals surface area contributed by atoms with Gasteiger partial charge in [0.1, 0.15) is 17.9 Å². The fourth-order valence-electron chi connectivity index (χ4n) is 3.25. The summed E-state index contributed by atoms with van der Waals surface area (Å²) >= 11 is 3.45. The Morgan fingerprint density at radius 2 is 1.96 bits per heavy atom. The highest BCUT2D eigenvalue weighted by molar-refractivity contribution is 9.10. The maximum atomic E-state index is 6.01. The fraction of sp³-hybridized carbons (Fsp3) is 0.263. The van der Waals surface area contributed by atoms with Crippen molar-refractivity contribution >= 4 is 32.7 Å². The van der Waals surface area contributed by atoms with Gasteiger partial charge in [-0.1, -0.05) is 15.9 Å². The molecule has 0 bridgehead atoms. The predicted octanol–water partition coefficient (Wildman–Crippen LogP) is 4.44. The van der Waals surface area contributed by atoms with Gasteiger partial charge < -0.3 is 9.64 Å². The number of fused-ring (bicyclic) bond motifs is 1. The van der Waals surface area contributed by atoms with Crippen molar-refractivity contribution in [1.82, 2.24) is 9.97 Å². The molecule has 1 saturated heterocycles. The van der Waals surface area contributed by atoms with E-state index in [9.17, 15) is 0 Å². The first kappa shape index (κ1) is 15.4. The third kappa shape index (κ3) is 3.08. The lowest BCUT2D eigenvalue weighted by Gasteiger charge is -2.27. The van der Waals surface area contributed by atoms with Crippen LogP contribution in [0.15, 0.2) is 59.3 Å². The molecule has 5 heteroatoms. The number of hydrogen-bond donors (Lipinski definition) is 0. The van der Waals surface area contributed by atoms with Gasteiger partial charge in [-0.05, 0) is 55.3 Å². The molecule has 0 spiro atoms. The third-order valence-electron chi connectivity index (χ3n) is 4.42. The number of aromatic nitrogens is 2. The number of hydrogen-bond acceptors (Lipinski definition) is 4. The van der Waals surface area contributed by atoms with E-state index in [0.29, 0.717) is 12.6 Å². The summed E-state index contributed by atoms with van der Waals surface area (Å²) in [6.07, 6.45) is 6.00. The maximum Gasteiger partial charge on any atom is 0.119 e. The van der Waals surface area contributed by atoms with Crippen LogP contribution in [0.25, 0.3) is 11.0 Å². The summed E-state index contributed by atoms with van der Waals surface area (Å²) in [5.41, 5.74) is 3.06. The molecule has 24 heavy (non-hydrogen) atoms. The lowest BCUT2D eigenvalue weighted by molar-refractivity contribution is 0.288. The van der Waals surface area contributed by atoms with Crippen LogP contribution in [0.2, 0.25) is 0 Å². The summed E-state index contributed by atoms with van der Waals surface area (Å²) in [6, 6.07) is 14.4. The number of benzene rings is 1. The first-order chi connectivity index (χ1) is 11.8. The second-order valence-corrected chi connectivity index (χ2v) is 6.87. The molecule has 3 aromatic rings. The number of pyridine rings is 2. The Morgan fingerprint density at radius 3 is 2.83 bits per heavy atom. The van der Waals surface area contributed by atoms with Gasteiger partial charge in [0.15, 0.2) is 0 Å². The molecule has 3 heterocycles. The normalized spacial score (nSPS) is 17.4. The van der Waals surface area contributed by atoms with Crippen LogP contribution in [0.3, 0.4) is 0 Å². The van der Waals surface area contributed by atoms with Crippen molar-refractivity contribution in [3.63, 3.8) is 0 Å². The zero-order valence-corrected chi connectivity index (χ0v) is 14.8. The van der Waals surface area contributed by atoms with Crippen molar-refractivity contribution in [2.45, 2.75) is 18.9 Å². The molecule has 1 aromatic carbocycles. The molecule has 4 rings (SSSR count). The van der Waals surface area contributed by atoms with Crippen molar-refractivity contribution in [3.8, 4) is 5.75 Å². The van der Waals surface area contributed by atoms with Crippen molar-refractivity contribution in [2.24, 2.45) is 0 Å². The van der Waals surface area contributed by atoms with E-state index in [1.54, 1.807) is 0 Å². The molecular formula is C19H18BrN3O. The molecule has 4 nitrogen and oxygen atoms in total.